The van der Waals surface area contributed by atoms with Crippen LogP contribution in [-0.4, -0.2) is 46.9 Å². The molecule has 2 aromatic rings. The number of hydrogen-bond acceptors (Lipinski definition) is 5. The van der Waals surface area contributed by atoms with Crippen LogP contribution in [0.15, 0.2) is 42.5 Å². The van der Waals surface area contributed by atoms with Gasteiger partial charge in [-0.3, -0.25) is 9.10 Å². The molecule has 2 aromatic carbocycles. The fraction of sp³-hybridized carbons (Fsp3) is 0.409. The van der Waals surface area contributed by atoms with Crippen LogP contribution in [-0.2, 0) is 14.8 Å². The molecule has 0 radical (unpaired) electrons. The Hall–Kier alpha value is -2.74. The maximum Gasteiger partial charge on any atom is 0.244 e. The molecule has 0 heterocycles. The molecule has 0 aliphatic carbocycles. The summed E-state index contributed by atoms with van der Waals surface area (Å²) in [5.41, 5.74) is 2.56. The first-order valence-electron chi connectivity index (χ1n) is 9.79. The summed E-state index contributed by atoms with van der Waals surface area (Å²) in [4.78, 5) is 12.8. The average molecular weight is 435 g/mol. The summed E-state index contributed by atoms with van der Waals surface area (Å²) in [5.74, 6) is 0.902. The fourth-order valence-electron chi connectivity index (χ4n) is 3.14. The Balaban J connectivity index is 2.09. The highest BCUT2D eigenvalue weighted by Gasteiger charge is 2.31. The van der Waals surface area contributed by atoms with Gasteiger partial charge >= 0.3 is 0 Å². The highest BCUT2D eigenvalue weighted by atomic mass is 32.2. The predicted molar refractivity (Wildman–Crippen MR) is 119 cm³/mol. The Morgan fingerprint density at radius 3 is 2.50 bits per heavy atom. The van der Waals surface area contributed by atoms with Gasteiger partial charge < -0.3 is 14.8 Å². The number of rotatable bonds is 10. The van der Waals surface area contributed by atoms with Crippen molar-refractivity contribution in [3.63, 3.8) is 0 Å². The van der Waals surface area contributed by atoms with Crippen molar-refractivity contribution < 1.29 is 22.7 Å². The third-order valence-corrected chi connectivity index (χ3v) is 6.03. The molecule has 0 bridgehead atoms. The standard InChI is InChI=1S/C22H30N2O5S/c1-6-20(24(30(5,26)27)18-10-8-11-19(15-18)28-4)22(25)23-13-14-29-21-12-7-9-16(2)17(21)3/h7-12,15,20H,6,13-14H2,1-5H3,(H,23,25)/t20-/m1/s1. The largest absolute Gasteiger partial charge is 0.497 e. The monoisotopic (exact) mass is 434 g/mol. The van der Waals surface area contributed by atoms with E-state index >= 15 is 0 Å². The highest BCUT2D eigenvalue weighted by molar-refractivity contribution is 7.92. The van der Waals surface area contributed by atoms with E-state index in [0.717, 1.165) is 27.4 Å². The zero-order chi connectivity index (χ0) is 22.3. The fourth-order valence-corrected chi connectivity index (χ4v) is 4.34. The van der Waals surface area contributed by atoms with E-state index in [9.17, 15) is 13.2 Å². The molecule has 0 aromatic heterocycles. The summed E-state index contributed by atoms with van der Waals surface area (Å²) in [7, 11) is -2.19. The van der Waals surface area contributed by atoms with Gasteiger partial charge in [0, 0.05) is 6.07 Å². The summed E-state index contributed by atoms with van der Waals surface area (Å²) in [6.07, 6.45) is 1.40. The van der Waals surface area contributed by atoms with Crippen LogP contribution < -0.4 is 19.1 Å². The molecule has 0 fully saturated rings. The van der Waals surface area contributed by atoms with Crippen LogP contribution in [0.25, 0.3) is 0 Å². The number of carbonyl (C=O) groups excluding carboxylic acids is 1. The zero-order valence-corrected chi connectivity index (χ0v) is 19.0. The average Bonchev–Trinajstić information content (AvgIpc) is 2.71. The minimum Gasteiger partial charge on any atom is -0.497 e. The molecule has 1 amide bonds. The molecular formula is C22H30N2O5S. The van der Waals surface area contributed by atoms with Crippen LogP contribution >= 0.6 is 0 Å². The number of hydrogen-bond donors (Lipinski definition) is 1. The number of anilines is 1. The first-order valence-corrected chi connectivity index (χ1v) is 11.6. The van der Waals surface area contributed by atoms with Gasteiger partial charge in [-0.1, -0.05) is 25.1 Å². The Morgan fingerprint density at radius 1 is 1.17 bits per heavy atom. The van der Waals surface area contributed by atoms with E-state index in [1.165, 1.54) is 7.11 Å². The van der Waals surface area contributed by atoms with Crippen molar-refractivity contribution >= 4 is 21.6 Å². The molecule has 1 N–H and O–H groups in total. The van der Waals surface area contributed by atoms with Crippen LogP contribution in [0.4, 0.5) is 5.69 Å². The lowest BCUT2D eigenvalue weighted by Crippen LogP contribution is -2.50. The molecule has 0 aliphatic rings. The molecule has 0 spiro atoms. The van der Waals surface area contributed by atoms with Gasteiger partial charge in [0.15, 0.2) is 0 Å². The normalized spacial score (nSPS) is 12.2. The molecule has 0 saturated heterocycles. The van der Waals surface area contributed by atoms with Gasteiger partial charge in [-0.2, -0.15) is 0 Å². The lowest BCUT2D eigenvalue weighted by atomic mass is 10.1. The summed E-state index contributed by atoms with van der Waals surface area (Å²) < 4.78 is 37.1. The van der Waals surface area contributed by atoms with Gasteiger partial charge in [0.2, 0.25) is 15.9 Å². The van der Waals surface area contributed by atoms with Crippen LogP contribution in [0.1, 0.15) is 24.5 Å². The van der Waals surface area contributed by atoms with Crippen LogP contribution in [0.2, 0.25) is 0 Å². The van der Waals surface area contributed by atoms with Crippen LogP contribution in [0.3, 0.4) is 0 Å². The number of sulfonamides is 1. The quantitative estimate of drug-likeness (QED) is 0.581. The van der Waals surface area contributed by atoms with Crippen molar-refractivity contribution in [1.29, 1.82) is 0 Å². The minimum absolute atomic E-state index is 0.262. The summed E-state index contributed by atoms with van der Waals surface area (Å²) >= 11 is 0. The number of methoxy groups -OCH3 is 1. The van der Waals surface area contributed by atoms with Crippen molar-refractivity contribution in [2.24, 2.45) is 0 Å². The summed E-state index contributed by atoms with van der Waals surface area (Å²) in [6.45, 7) is 6.31. The SMILES string of the molecule is CC[C@H](C(=O)NCCOc1cccc(C)c1C)N(c1cccc(OC)c1)S(C)(=O)=O. The van der Waals surface area contributed by atoms with Gasteiger partial charge in [0.25, 0.3) is 0 Å². The predicted octanol–water partition coefficient (Wildman–Crippen LogP) is 3.05. The highest BCUT2D eigenvalue weighted by Crippen LogP contribution is 2.26. The van der Waals surface area contributed by atoms with Crippen LogP contribution in [0.5, 0.6) is 11.5 Å². The van der Waals surface area contributed by atoms with E-state index in [4.69, 9.17) is 9.47 Å². The number of benzene rings is 2. The minimum atomic E-state index is -3.70. The van der Waals surface area contributed by atoms with E-state index < -0.39 is 16.1 Å². The smallest absolute Gasteiger partial charge is 0.244 e. The van der Waals surface area contributed by atoms with Gasteiger partial charge in [0.05, 0.1) is 25.6 Å². The van der Waals surface area contributed by atoms with Crippen molar-refractivity contribution in [3.8, 4) is 11.5 Å². The first kappa shape index (κ1) is 23.5. The topological polar surface area (TPSA) is 84.9 Å². The number of amides is 1. The molecular weight excluding hydrogens is 404 g/mol. The first-order chi connectivity index (χ1) is 14.2. The molecule has 2 rings (SSSR count). The Bertz CT molecular complexity index is 975. The number of ether oxygens (including phenoxy) is 2. The molecule has 0 saturated carbocycles. The van der Waals surface area contributed by atoms with Gasteiger partial charge in [-0.25, -0.2) is 8.42 Å². The third kappa shape index (κ3) is 5.89. The van der Waals surface area contributed by atoms with Crippen molar-refractivity contribution in [2.75, 3.05) is 30.8 Å². The number of nitrogens with zero attached hydrogens (tertiary/aromatic N) is 1. The van der Waals surface area contributed by atoms with Gasteiger partial charge in [-0.15, -0.1) is 0 Å². The Kier molecular flexibility index (Phi) is 8.11. The Morgan fingerprint density at radius 2 is 1.87 bits per heavy atom. The number of aryl methyl sites for hydroxylation is 1. The van der Waals surface area contributed by atoms with Gasteiger partial charge in [-0.05, 0) is 49.6 Å². The lowest BCUT2D eigenvalue weighted by molar-refractivity contribution is -0.122. The van der Waals surface area contributed by atoms with E-state index in [1.54, 1.807) is 31.2 Å². The second-order valence-electron chi connectivity index (χ2n) is 7.02. The number of carbonyl (C=O) groups is 1. The molecule has 0 aliphatic heterocycles. The molecule has 1 atom stereocenters. The summed E-state index contributed by atoms with van der Waals surface area (Å²) in [5, 5.41) is 2.79. The lowest BCUT2D eigenvalue weighted by Gasteiger charge is -2.30. The molecule has 30 heavy (non-hydrogen) atoms. The second-order valence-corrected chi connectivity index (χ2v) is 8.88. The third-order valence-electron chi connectivity index (χ3n) is 4.85. The second kappa shape index (κ2) is 10.3. The molecule has 8 heteroatoms. The van der Waals surface area contributed by atoms with E-state index in [1.807, 2.05) is 32.0 Å². The Labute approximate surface area is 179 Å². The van der Waals surface area contributed by atoms with Crippen molar-refractivity contribution in [1.82, 2.24) is 5.32 Å². The van der Waals surface area contributed by atoms with Crippen molar-refractivity contribution in [2.45, 2.75) is 33.2 Å². The van der Waals surface area contributed by atoms with Gasteiger partial charge in [0.1, 0.15) is 24.1 Å². The number of nitrogens with one attached hydrogen (secondary N) is 1. The summed E-state index contributed by atoms with van der Waals surface area (Å²) in [6, 6.07) is 11.6. The zero-order valence-electron chi connectivity index (χ0n) is 18.1. The van der Waals surface area contributed by atoms with E-state index in [-0.39, 0.29) is 19.1 Å². The van der Waals surface area contributed by atoms with E-state index in [2.05, 4.69) is 5.32 Å². The van der Waals surface area contributed by atoms with Crippen LogP contribution in [0, 0.1) is 13.8 Å². The molecule has 164 valence electrons. The van der Waals surface area contributed by atoms with Crippen molar-refractivity contribution in [3.05, 3.63) is 53.6 Å². The maximum absolute atomic E-state index is 12.8. The molecule has 7 nitrogen and oxygen atoms in total. The molecule has 0 unspecified atom stereocenters. The maximum atomic E-state index is 12.8. The van der Waals surface area contributed by atoms with E-state index in [0.29, 0.717) is 17.9 Å².